The monoisotopic (exact) mass is 262 g/mol. The molecule has 1 saturated heterocycles. The number of rotatable bonds is 2. The van der Waals surface area contributed by atoms with E-state index in [1.807, 2.05) is 19.1 Å². The van der Waals surface area contributed by atoms with Gasteiger partial charge < -0.3 is 15.4 Å². The molecule has 1 unspecified atom stereocenters. The van der Waals surface area contributed by atoms with Crippen molar-refractivity contribution in [3.63, 3.8) is 0 Å². The summed E-state index contributed by atoms with van der Waals surface area (Å²) < 4.78 is 4.71. The Morgan fingerprint density at radius 2 is 2.11 bits per heavy atom. The fourth-order valence-corrected chi connectivity index (χ4v) is 2.42. The van der Waals surface area contributed by atoms with Crippen molar-refractivity contribution in [1.29, 1.82) is 0 Å². The number of hydrogen-bond donors (Lipinski definition) is 1. The minimum atomic E-state index is -0.251. The predicted molar refractivity (Wildman–Crippen MR) is 71.6 cm³/mol. The number of esters is 1. The van der Waals surface area contributed by atoms with Gasteiger partial charge in [0.05, 0.1) is 13.0 Å². The number of likely N-dealkylation sites (tertiary alicyclic amines) is 1. The van der Waals surface area contributed by atoms with Crippen molar-refractivity contribution < 1.29 is 14.3 Å². The fourth-order valence-electron chi connectivity index (χ4n) is 2.42. The van der Waals surface area contributed by atoms with Gasteiger partial charge in [-0.15, -0.1) is 0 Å². The summed E-state index contributed by atoms with van der Waals surface area (Å²) in [5.41, 5.74) is 7.85. The van der Waals surface area contributed by atoms with Gasteiger partial charge in [0.15, 0.2) is 0 Å². The molecule has 1 atom stereocenters. The van der Waals surface area contributed by atoms with Crippen LogP contribution in [-0.2, 0) is 9.53 Å². The molecule has 1 aromatic carbocycles. The lowest BCUT2D eigenvalue weighted by molar-refractivity contribution is -0.144. The van der Waals surface area contributed by atoms with Crippen molar-refractivity contribution in [3.05, 3.63) is 29.3 Å². The van der Waals surface area contributed by atoms with Crippen molar-refractivity contribution in [2.75, 3.05) is 25.9 Å². The number of nitrogens with two attached hydrogens (primary N) is 1. The van der Waals surface area contributed by atoms with E-state index in [1.54, 1.807) is 11.0 Å². The van der Waals surface area contributed by atoms with Gasteiger partial charge in [0, 0.05) is 24.3 Å². The standard InChI is InChI=1S/C14H18N2O3/c1-9-5-11(7-12(15)6-9)13(17)16-4-3-10(8-16)14(18)19-2/h5-7,10H,3-4,8,15H2,1-2H3. The van der Waals surface area contributed by atoms with Crippen molar-refractivity contribution >= 4 is 17.6 Å². The number of amides is 1. The van der Waals surface area contributed by atoms with Crippen molar-refractivity contribution in [1.82, 2.24) is 4.90 Å². The van der Waals surface area contributed by atoms with E-state index in [4.69, 9.17) is 10.5 Å². The number of nitrogen functional groups attached to an aromatic ring is 1. The highest BCUT2D eigenvalue weighted by Gasteiger charge is 2.32. The molecular weight excluding hydrogens is 244 g/mol. The molecule has 1 aromatic rings. The lowest BCUT2D eigenvalue weighted by atomic mass is 10.1. The van der Waals surface area contributed by atoms with E-state index in [9.17, 15) is 9.59 Å². The van der Waals surface area contributed by atoms with Crippen LogP contribution in [0.3, 0.4) is 0 Å². The van der Waals surface area contributed by atoms with Crippen molar-refractivity contribution in [3.8, 4) is 0 Å². The van der Waals surface area contributed by atoms with Crippen LogP contribution < -0.4 is 5.73 Å². The molecule has 5 nitrogen and oxygen atoms in total. The largest absolute Gasteiger partial charge is 0.469 e. The maximum Gasteiger partial charge on any atom is 0.310 e. The molecule has 1 heterocycles. The molecule has 1 fully saturated rings. The van der Waals surface area contributed by atoms with Crippen LogP contribution in [0.4, 0.5) is 5.69 Å². The zero-order valence-electron chi connectivity index (χ0n) is 11.2. The molecule has 0 radical (unpaired) electrons. The number of methoxy groups -OCH3 is 1. The van der Waals surface area contributed by atoms with Crippen LogP contribution in [0.2, 0.25) is 0 Å². The van der Waals surface area contributed by atoms with E-state index in [1.165, 1.54) is 7.11 Å². The van der Waals surface area contributed by atoms with Crippen LogP contribution >= 0.6 is 0 Å². The number of benzene rings is 1. The first-order valence-corrected chi connectivity index (χ1v) is 6.25. The number of ether oxygens (including phenoxy) is 1. The van der Waals surface area contributed by atoms with Crippen LogP contribution in [0.15, 0.2) is 18.2 Å². The summed E-state index contributed by atoms with van der Waals surface area (Å²) in [5, 5.41) is 0. The van der Waals surface area contributed by atoms with Crippen molar-refractivity contribution in [2.45, 2.75) is 13.3 Å². The molecule has 102 valence electrons. The summed E-state index contributed by atoms with van der Waals surface area (Å²) in [5.74, 6) is -0.544. The maximum absolute atomic E-state index is 12.3. The predicted octanol–water partition coefficient (Wildman–Crippen LogP) is 1.21. The second kappa shape index (κ2) is 5.30. The first kappa shape index (κ1) is 13.4. The number of nitrogens with zero attached hydrogens (tertiary/aromatic N) is 1. The summed E-state index contributed by atoms with van der Waals surface area (Å²) in [6, 6.07) is 5.29. The number of carbonyl (C=O) groups excluding carboxylic acids is 2. The average molecular weight is 262 g/mol. The lowest BCUT2D eigenvalue weighted by Crippen LogP contribution is -2.30. The highest BCUT2D eigenvalue weighted by atomic mass is 16.5. The molecule has 0 aromatic heterocycles. The average Bonchev–Trinajstić information content (AvgIpc) is 2.85. The lowest BCUT2D eigenvalue weighted by Gasteiger charge is -2.16. The Labute approximate surface area is 112 Å². The summed E-state index contributed by atoms with van der Waals surface area (Å²) in [6.07, 6.45) is 0.652. The minimum absolute atomic E-state index is 0.0817. The molecule has 0 aliphatic carbocycles. The second-order valence-electron chi connectivity index (χ2n) is 4.89. The Bertz CT molecular complexity index is 493. The van der Waals surface area contributed by atoms with Gasteiger partial charge in [-0.3, -0.25) is 9.59 Å². The van der Waals surface area contributed by atoms with Gasteiger partial charge in [-0.25, -0.2) is 0 Å². The van der Waals surface area contributed by atoms with E-state index in [-0.39, 0.29) is 17.8 Å². The first-order chi connectivity index (χ1) is 9.01. The molecule has 0 saturated carbocycles. The minimum Gasteiger partial charge on any atom is -0.469 e. The fraction of sp³-hybridized carbons (Fsp3) is 0.429. The molecule has 1 aliphatic heterocycles. The van der Waals surface area contributed by atoms with E-state index in [2.05, 4.69) is 0 Å². The van der Waals surface area contributed by atoms with E-state index >= 15 is 0 Å². The normalized spacial score (nSPS) is 18.4. The van der Waals surface area contributed by atoms with E-state index in [0.29, 0.717) is 30.8 Å². The van der Waals surface area contributed by atoms with Gasteiger partial charge in [0.2, 0.25) is 0 Å². The van der Waals surface area contributed by atoms with Gasteiger partial charge in [0.1, 0.15) is 0 Å². The SMILES string of the molecule is COC(=O)C1CCN(C(=O)c2cc(C)cc(N)c2)C1. The van der Waals surface area contributed by atoms with Gasteiger partial charge in [-0.05, 0) is 37.1 Å². The smallest absolute Gasteiger partial charge is 0.310 e. The molecule has 2 N–H and O–H groups in total. The van der Waals surface area contributed by atoms with E-state index in [0.717, 1.165) is 5.56 Å². The van der Waals surface area contributed by atoms with E-state index < -0.39 is 0 Å². The zero-order chi connectivity index (χ0) is 14.0. The third-order valence-electron chi connectivity index (χ3n) is 3.36. The molecule has 1 amide bonds. The van der Waals surface area contributed by atoms with Crippen LogP contribution in [0.1, 0.15) is 22.3 Å². The Kier molecular flexibility index (Phi) is 3.74. The van der Waals surface area contributed by atoms with Crippen LogP contribution in [0.25, 0.3) is 0 Å². The van der Waals surface area contributed by atoms with Gasteiger partial charge >= 0.3 is 5.97 Å². The topological polar surface area (TPSA) is 72.6 Å². The van der Waals surface area contributed by atoms with Crippen LogP contribution in [0, 0.1) is 12.8 Å². The highest BCUT2D eigenvalue weighted by Crippen LogP contribution is 2.21. The maximum atomic E-state index is 12.3. The second-order valence-corrected chi connectivity index (χ2v) is 4.89. The Hall–Kier alpha value is -2.04. The quantitative estimate of drug-likeness (QED) is 0.642. The summed E-state index contributed by atoms with van der Waals surface area (Å²) >= 11 is 0. The van der Waals surface area contributed by atoms with Gasteiger partial charge in [-0.2, -0.15) is 0 Å². The van der Waals surface area contributed by atoms with Crippen LogP contribution in [0.5, 0.6) is 0 Å². The van der Waals surface area contributed by atoms with Gasteiger partial charge in [0.25, 0.3) is 5.91 Å². The molecule has 0 bridgehead atoms. The molecule has 0 spiro atoms. The summed E-state index contributed by atoms with van der Waals surface area (Å²) in [6.45, 7) is 2.89. The zero-order valence-corrected chi connectivity index (χ0v) is 11.2. The Morgan fingerprint density at radius 3 is 2.74 bits per heavy atom. The highest BCUT2D eigenvalue weighted by molar-refractivity contribution is 5.95. The number of hydrogen-bond acceptors (Lipinski definition) is 4. The number of aryl methyl sites for hydroxylation is 1. The van der Waals surface area contributed by atoms with Crippen LogP contribution in [-0.4, -0.2) is 37.0 Å². The summed E-state index contributed by atoms with van der Waals surface area (Å²) in [7, 11) is 1.37. The first-order valence-electron chi connectivity index (χ1n) is 6.25. The molecule has 5 heteroatoms. The molecule has 2 rings (SSSR count). The van der Waals surface area contributed by atoms with Crippen molar-refractivity contribution in [2.24, 2.45) is 5.92 Å². The Balaban J connectivity index is 2.11. The molecule has 19 heavy (non-hydrogen) atoms. The third kappa shape index (κ3) is 2.86. The van der Waals surface area contributed by atoms with Gasteiger partial charge in [-0.1, -0.05) is 0 Å². The number of anilines is 1. The molecular formula is C14H18N2O3. The number of carbonyl (C=O) groups is 2. The summed E-state index contributed by atoms with van der Waals surface area (Å²) in [4.78, 5) is 25.4. The molecule has 1 aliphatic rings. The Morgan fingerprint density at radius 1 is 1.37 bits per heavy atom. The third-order valence-corrected chi connectivity index (χ3v) is 3.36.